The first-order valence-electron chi connectivity index (χ1n) is 18.4. The van der Waals surface area contributed by atoms with Crippen LogP contribution in [0.2, 0.25) is 0 Å². The number of piperidine rings is 1. The summed E-state index contributed by atoms with van der Waals surface area (Å²) < 4.78 is 115. The first-order valence-corrected chi connectivity index (χ1v) is 20.5. The maximum atomic E-state index is 17.3. The lowest BCUT2D eigenvalue weighted by Crippen LogP contribution is -2.36. The molecule has 2 aliphatic carbocycles. The average Bonchev–Trinajstić information content (AvgIpc) is 3.08. The van der Waals surface area contributed by atoms with Crippen LogP contribution in [0.15, 0.2) is 36.7 Å². The summed E-state index contributed by atoms with van der Waals surface area (Å²) in [6, 6.07) is 4.15. The largest absolute Gasteiger partial charge is 0.490 e. The number of halogens is 6. The molecule has 0 spiro atoms. The SMILES string of the molecule is C[C@H]1CC(C)(C)Cc2nc(C3CCN(c4ncc(OCCCS(C)(=O)=O)cn4)CC3)c([C@@H](F)c3ccc(C(F)(F)F)cc3)c(C3CCC(F)(F)CC3)c21. The molecule has 2 fully saturated rings. The zero-order valence-electron chi connectivity index (χ0n) is 30.7. The highest BCUT2D eigenvalue weighted by Gasteiger charge is 2.43. The quantitative estimate of drug-likeness (QED) is 0.150. The third-order valence-corrected chi connectivity index (χ3v) is 12.1. The number of fused-ring (bicyclic) bond motifs is 1. The van der Waals surface area contributed by atoms with Crippen molar-refractivity contribution in [1.82, 2.24) is 15.0 Å². The lowest BCUT2D eigenvalue weighted by molar-refractivity contribution is -0.137. The van der Waals surface area contributed by atoms with Gasteiger partial charge in [-0.15, -0.1) is 0 Å². The van der Waals surface area contributed by atoms with Gasteiger partial charge < -0.3 is 9.64 Å². The molecular weight excluding hydrogens is 719 g/mol. The van der Waals surface area contributed by atoms with Crippen LogP contribution in [0.1, 0.15) is 135 Å². The predicted molar refractivity (Wildman–Crippen MR) is 191 cm³/mol. The molecular formula is C39H48F6N4O3S. The second-order valence-electron chi connectivity index (χ2n) is 16.1. The van der Waals surface area contributed by atoms with Gasteiger partial charge in [0.05, 0.1) is 36.0 Å². The Morgan fingerprint density at radius 1 is 0.962 bits per heavy atom. The van der Waals surface area contributed by atoms with Crippen LogP contribution in [0.5, 0.6) is 5.75 Å². The molecule has 3 aromatic rings. The number of rotatable bonds is 10. The summed E-state index contributed by atoms with van der Waals surface area (Å²) in [7, 11) is -3.09. The molecule has 1 saturated carbocycles. The van der Waals surface area contributed by atoms with Crippen LogP contribution in [-0.4, -0.2) is 61.0 Å². The second kappa shape index (κ2) is 15.0. The molecule has 14 heteroatoms. The summed E-state index contributed by atoms with van der Waals surface area (Å²) in [5.41, 5.74) is 2.59. The zero-order chi connectivity index (χ0) is 38.3. The average molecular weight is 767 g/mol. The fourth-order valence-electron chi connectivity index (χ4n) is 8.61. The lowest BCUT2D eigenvalue weighted by Gasteiger charge is -2.41. The van der Waals surface area contributed by atoms with Gasteiger partial charge in [-0.1, -0.05) is 32.9 Å². The van der Waals surface area contributed by atoms with Crippen molar-refractivity contribution in [3.05, 3.63) is 75.9 Å². The van der Waals surface area contributed by atoms with Crippen molar-refractivity contribution in [3.63, 3.8) is 0 Å². The Kier molecular flexibility index (Phi) is 11.1. The molecule has 1 aliphatic heterocycles. The second-order valence-corrected chi connectivity index (χ2v) is 18.3. The molecule has 0 N–H and O–H groups in total. The van der Waals surface area contributed by atoms with Gasteiger partial charge in [-0.3, -0.25) is 4.98 Å². The van der Waals surface area contributed by atoms with Crippen molar-refractivity contribution in [2.45, 2.75) is 115 Å². The van der Waals surface area contributed by atoms with Crippen molar-refractivity contribution in [2.75, 3.05) is 36.6 Å². The maximum Gasteiger partial charge on any atom is 0.416 e. The van der Waals surface area contributed by atoms with E-state index in [9.17, 15) is 30.4 Å². The molecule has 290 valence electrons. The minimum Gasteiger partial charge on any atom is -0.490 e. The standard InChI is InChI=1S/C39H48F6N4O3S/c1-24-20-37(2,3)21-30-31(24)32(25-10-14-38(41,42)15-11-25)33(34(40)26-6-8-28(9-7-26)39(43,44)45)35(48-30)27-12-16-49(17-13-27)36-46-22-29(23-47-36)52-18-5-19-53(4,50)51/h6-9,22-25,27,34H,5,10-21H2,1-4H3/t24-,34-/m0/s1. The molecule has 1 aromatic carbocycles. The van der Waals surface area contributed by atoms with Gasteiger partial charge in [0, 0.05) is 49.4 Å². The molecule has 2 atom stereocenters. The highest BCUT2D eigenvalue weighted by molar-refractivity contribution is 7.90. The van der Waals surface area contributed by atoms with E-state index in [1.165, 1.54) is 18.4 Å². The van der Waals surface area contributed by atoms with E-state index in [2.05, 4.69) is 30.7 Å². The number of sulfone groups is 1. The summed E-state index contributed by atoms with van der Waals surface area (Å²) in [5, 5.41) is 0. The molecule has 0 amide bonds. The van der Waals surface area contributed by atoms with Gasteiger partial charge in [0.2, 0.25) is 11.9 Å². The summed E-state index contributed by atoms with van der Waals surface area (Å²) in [4.78, 5) is 16.2. The van der Waals surface area contributed by atoms with Crippen molar-refractivity contribution in [2.24, 2.45) is 5.41 Å². The normalized spacial score (nSPS) is 21.6. The number of hydrogen-bond acceptors (Lipinski definition) is 7. The number of aromatic nitrogens is 3. The van der Waals surface area contributed by atoms with Gasteiger partial charge in [-0.2, -0.15) is 13.2 Å². The number of nitrogens with zero attached hydrogens (tertiary/aromatic N) is 4. The molecule has 1 saturated heterocycles. The van der Waals surface area contributed by atoms with E-state index in [0.717, 1.165) is 35.4 Å². The molecule has 0 bridgehead atoms. The Morgan fingerprint density at radius 2 is 1.58 bits per heavy atom. The van der Waals surface area contributed by atoms with Crippen LogP contribution in [0.3, 0.4) is 0 Å². The fraction of sp³-hybridized carbons (Fsp3) is 0.615. The van der Waals surface area contributed by atoms with Crippen molar-refractivity contribution >= 4 is 15.8 Å². The van der Waals surface area contributed by atoms with E-state index in [0.29, 0.717) is 61.7 Å². The number of pyridine rings is 1. The van der Waals surface area contributed by atoms with Crippen LogP contribution in [0, 0.1) is 5.41 Å². The zero-order valence-corrected chi connectivity index (χ0v) is 31.5. The highest BCUT2D eigenvalue weighted by Crippen LogP contribution is 2.53. The number of ether oxygens (including phenoxy) is 1. The third-order valence-electron chi connectivity index (χ3n) is 11.0. The van der Waals surface area contributed by atoms with Crippen molar-refractivity contribution < 1.29 is 39.5 Å². The molecule has 2 aromatic heterocycles. The van der Waals surface area contributed by atoms with Gasteiger partial charge >= 0.3 is 6.18 Å². The molecule has 0 radical (unpaired) electrons. The van der Waals surface area contributed by atoms with E-state index in [-0.39, 0.29) is 66.8 Å². The summed E-state index contributed by atoms with van der Waals surface area (Å²) in [6.07, 6.45) is 0.633. The summed E-state index contributed by atoms with van der Waals surface area (Å²) in [5.74, 6) is -2.39. The Bertz CT molecular complexity index is 1850. The van der Waals surface area contributed by atoms with Gasteiger partial charge in [-0.05, 0) is 91.0 Å². The minimum absolute atomic E-state index is 0.00285. The van der Waals surface area contributed by atoms with Crippen molar-refractivity contribution in [3.8, 4) is 5.75 Å². The molecule has 7 nitrogen and oxygen atoms in total. The Labute approximate surface area is 307 Å². The van der Waals surface area contributed by atoms with Gasteiger partial charge in [-0.25, -0.2) is 31.6 Å². The van der Waals surface area contributed by atoms with E-state index in [4.69, 9.17) is 9.72 Å². The summed E-state index contributed by atoms with van der Waals surface area (Å²) >= 11 is 0. The monoisotopic (exact) mass is 766 g/mol. The van der Waals surface area contributed by atoms with E-state index in [1.807, 2.05) is 4.90 Å². The van der Waals surface area contributed by atoms with E-state index >= 15 is 4.39 Å². The van der Waals surface area contributed by atoms with Gasteiger partial charge in [0.15, 0.2) is 11.9 Å². The molecule has 3 heterocycles. The van der Waals surface area contributed by atoms with Crippen LogP contribution in [0.25, 0.3) is 0 Å². The fourth-order valence-corrected chi connectivity index (χ4v) is 9.25. The van der Waals surface area contributed by atoms with Crippen LogP contribution >= 0.6 is 0 Å². The van der Waals surface area contributed by atoms with Crippen LogP contribution < -0.4 is 9.64 Å². The van der Waals surface area contributed by atoms with Crippen LogP contribution in [-0.2, 0) is 22.4 Å². The first-order chi connectivity index (χ1) is 24.8. The maximum absolute atomic E-state index is 17.3. The first kappa shape index (κ1) is 39.3. The lowest BCUT2D eigenvalue weighted by atomic mass is 9.66. The number of benzene rings is 1. The van der Waals surface area contributed by atoms with Crippen molar-refractivity contribution in [1.29, 1.82) is 0 Å². The van der Waals surface area contributed by atoms with E-state index in [1.54, 1.807) is 12.4 Å². The third kappa shape index (κ3) is 9.28. The number of anilines is 1. The molecule has 0 unspecified atom stereocenters. The number of alkyl halides is 6. The van der Waals surface area contributed by atoms with Gasteiger partial charge in [0.1, 0.15) is 9.84 Å². The predicted octanol–water partition coefficient (Wildman–Crippen LogP) is 9.52. The van der Waals surface area contributed by atoms with Crippen LogP contribution in [0.4, 0.5) is 32.3 Å². The Morgan fingerprint density at radius 3 is 2.17 bits per heavy atom. The summed E-state index contributed by atoms with van der Waals surface area (Å²) in [6.45, 7) is 7.70. The van der Waals surface area contributed by atoms with Gasteiger partial charge in [0.25, 0.3) is 0 Å². The minimum atomic E-state index is -4.57. The topological polar surface area (TPSA) is 85.3 Å². The molecule has 6 rings (SSSR count). The Balaban J connectivity index is 1.34. The smallest absolute Gasteiger partial charge is 0.416 e. The van der Waals surface area contributed by atoms with E-state index < -0.39 is 33.7 Å². The number of hydrogen-bond donors (Lipinski definition) is 0. The molecule has 53 heavy (non-hydrogen) atoms. The molecule has 3 aliphatic rings. The highest BCUT2D eigenvalue weighted by atomic mass is 32.2. The Hall–Kier alpha value is -3.42.